The molecule has 1 heterocycles. The first-order valence-electron chi connectivity index (χ1n) is 6.48. The molecule has 4 heteroatoms. The van der Waals surface area contributed by atoms with Crippen LogP contribution in [-0.2, 0) is 9.47 Å². The Morgan fingerprint density at radius 1 is 1.06 bits per heavy atom. The minimum absolute atomic E-state index is 0. The van der Waals surface area contributed by atoms with Gasteiger partial charge in [-0.15, -0.1) is 0 Å². The summed E-state index contributed by atoms with van der Waals surface area (Å²) in [5, 5.41) is 0. The van der Waals surface area contributed by atoms with E-state index in [0.717, 1.165) is 12.8 Å². The average molecular weight is 471 g/mol. The first kappa shape index (κ1) is 23.1. The van der Waals surface area contributed by atoms with Gasteiger partial charge >= 0.3 is 0 Å². The van der Waals surface area contributed by atoms with E-state index < -0.39 is 0 Å². The topological polar surface area (TPSA) is 21.7 Å². The summed E-state index contributed by atoms with van der Waals surface area (Å²) in [5.41, 5.74) is 0. The van der Waals surface area contributed by atoms with Crippen molar-refractivity contribution >= 4 is 0 Å². The Labute approximate surface area is 132 Å². The minimum atomic E-state index is -0.0128. The van der Waals surface area contributed by atoms with E-state index in [9.17, 15) is 0 Å². The number of methoxy groups -OCH3 is 1. The van der Waals surface area contributed by atoms with E-state index in [1.165, 1.54) is 0 Å². The van der Waals surface area contributed by atoms with E-state index in [1.807, 2.05) is 27.7 Å². The van der Waals surface area contributed by atoms with Gasteiger partial charge in [0.1, 0.15) is 0 Å². The van der Waals surface area contributed by atoms with E-state index in [1.54, 1.807) is 7.11 Å². The van der Waals surface area contributed by atoms with Crippen LogP contribution in [0.1, 0.15) is 47.5 Å². The van der Waals surface area contributed by atoms with Crippen LogP contribution in [0.5, 0.6) is 0 Å². The molecule has 1 aliphatic heterocycles. The summed E-state index contributed by atoms with van der Waals surface area (Å²) >= 11 is 0. The maximum absolute atomic E-state index is 5.57. The van der Waals surface area contributed by atoms with Gasteiger partial charge in [0.25, 0.3) is 0 Å². The van der Waals surface area contributed by atoms with Crippen LogP contribution in [0, 0.1) is 31.1 Å². The van der Waals surface area contributed by atoms with E-state index in [2.05, 4.69) is 25.9 Å². The van der Waals surface area contributed by atoms with Crippen LogP contribution >= 0.6 is 0 Å². The van der Waals surface area contributed by atoms with Gasteiger partial charge in [0.15, 0.2) is 6.29 Å². The van der Waals surface area contributed by atoms with Crippen molar-refractivity contribution in [2.75, 3.05) is 21.2 Å². The SMILES string of the molecule is CC.CC.CO[C@H]1C[C@@H](N(C)C)C[C@@H](C)O1.[U]. The summed E-state index contributed by atoms with van der Waals surface area (Å²) in [6.07, 6.45) is 2.39. The molecule has 0 aromatic carbocycles. The zero-order valence-electron chi connectivity index (χ0n) is 12.9. The summed E-state index contributed by atoms with van der Waals surface area (Å²) in [5.74, 6) is 0. The molecule has 1 fully saturated rings. The summed E-state index contributed by atoms with van der Waals surface area (Å²) in [7, 11) is 5.92. The van der Waals surface area contributed by atoms with Crippen molar-refractivity contribution in [2.24, 2.45) is 0 Å². The number of hydrogen-bond donors (Lipinski definition) is 0. The van der Waals surface area contributed by atoms with Crippen molar-refractivity contribution in [1.82, 2.24) is 4.90 Å². The smallest absolute Gasteiger partial charge is 0.159 e. The molecule has 0 N–H and O–H groups in total. The molecule has 0 spiro atoms. The van der Waals surface area contributed by atoms with Crippen LogP contribution in [0.2, 0.25) is 0 Å². The van der Waals surface area contributed by atoms with E-state index in [4.69, 9.17) is 9.47 Å². The first-order valence-corrected chi connectivity index (χ1v) is 6.48. The maximum Gasteiger partial charge on any atom is 0.159 e. The standard InChI is InChI=1S/C9H19NO2.2C2H6.U/c1-7-5-8(10(2)3)6-9(11-4)12-7;2*1-2;/h7-9H,5-6H2,1-4H3;2*1-2H3;/t7-,8+,9-;;;/m1.../s1. The second kappa shape index (κ2) is 15.0. The fraction of sp³-hybridized carbons (Fsp3) is 1.00. The first-order chi connectivity index (χ1) is 7.63. The summed E-state index contributed by atoms with van der Waals surface area (Å²) in [6, 6.07) is 0.596. The molecule has 0 amide bonds. The number of hydrogen-bond acceptors (Lipinski definition) is 3. The van der Waals surface area contributed by atoms with Crippen LogP contribution in [0.4, 0.5) is 0 Å². The Kier molecular flexibility index (Phi) is 20.3. The Hall–Kier alpha value is 0.932. The van der Waals surface area contributed by atoms with Gasteiger partial charge in [-0.2, -0.15) is 0 Å². The largest absolute Gasteiger partial charge is 0.356 e. The van der Waals surface area contributed by atoms with Gasteiger partial charge in [-0.25, -0.2) is 0 Å². The second-order valence-electron chi connectivity index (χ2n) is 3.70. The van der Waals surface area contributed by atoms with Gasteiger partial charge in [0, 0.05) is 50.7 Å². The van der Waals surface area contributed by atoms with Crippen molar-refractivity contribution in [3.05, 3.63) is 0 Å². The Balaban J connectivity index is -0.000000355. The molecule has 0 aromatic heterocycles. The van der Waals surface area contributed by atoms with Gasteiger partial charge in [0.05, 0.1) is 6.10 Å². The Bertz CT molecular complexity index is 145. The Morgan fingerprint density at radius 2 is 1.53 bits per heavy atom. The molecule has 1 rings (SSSR count). The summed E-state index contributed by atoms with van der Waals surface area (Å²) < 4.78 is 10.8. The normalized spacial score (nSPS) is 27.0. The van der Waals surface area contributed by atoms with Crippen molar-refractivity contribution in [3.8, 4) is 0 Å². The molecule has 3 atom stereocenters. The van der Waals surface area contributed by atoms with Gasteiger partial charge in [-0.3, -0.25) is 0 Å². The number of nitrogens with zero attached hydrogens (tertiary/aromatic N) is 1. The summed E-state index contributed by atoms with van der Waals surface area (Å²) in [4.78, 5) is 2.24. The van der Waals surface area contributed by atoms with Gasteiger partial charge in [-0.05, 0) is 27.4 Å². The van der Waals surface area contributed by atoms with Gasteiger partial charge in [-0.1, -0.05) is 27.7 Å². The maximum atomic E-state index is 5.57. The molecule has 104 valence electrons. The van der Waals surface area contributed by atoms with E-state index in [0.29, 0.717) is 12.1 Å². The summed E-state index contributed by atoms with van der Waals surface area (Å²) in [6.45, 7) is 10.1. The van der Waals surface area contributed by atoms with Crippen LogP contribution in [0.25, 0.3) is 0 Å². The van der Waals surface area contributed by atoms with Crippen LogP contribution in [-0.4, -0.2) is 44.5 Å². The van der Waals surface area contributed by atoms with Crippen molar-refractivity contribution in [2.45, 2.75) is 65.9 Å². The molecule has 3 nitrogen and oxygen atoms in total. The fourth-order valence-electron chi connectivity index (χ4n) is 1.65. The Morgan fingerprint density at radius 3 is 1.88 bits per heavy atom. The third-order valence-electron chi connectivity index (χ3n) is 2.45. The zero-order valence-corrected chi connectivity index (χ0v) is 17.1. The van der Waals surface area contributed by atoms with Crippen molar-refractivity contribution in [3.63, 3.8) is 0 Å². The molecule has 0 saturated carbocycles. The quantitative estimate of drug-likeness (QED) is 0.618. The fourth-order valence-corrected chi connectivity index (χ4v) is 1.65. The monoisotopic (exact) mass is 471 g/mol. The third kappa shape index (κ3) is 10.5. The predicted molar refractivity (Wildman–Crippen MR) is 70.7 cm³/mol. The van der Waals surface area contributed by atoms with E-state index in [-0.39, 0.29) is 37.4 Å². The van der Waals surface area contributed by atoms with E-state index >= 15 is 0 Å². The molecule has 0 radical (unpaired) electrons. The van der Waals surface area contributed by atoms with Crippen LogP contribution in [0.15, 0.2) is 0 Å². The molecule has 1 saturated heterocycles. The molecule has 1 aliphatic rings. The molecular formula is C13H31NO2U. The molecule has 0 aromatic rings. The zero-order chi connectivity index (χ0) is 13.1. The molecule has 17 heavy (non-hydrogen) atoms. The molecule has 0 bridgehead atoms. The molecule has 0 unspecified atom stereocenters. The molecular weight excluding hydrogens is 440 g/mol. The minimum Gasteiger partial charge on any atom is -0.356 e. The van der Waals surface area contributed by atoms with Crippen molar-refractivity contribution in [1.29, 1.82) is 0 Å². The van der Waals surface area contributed by atoms with Crippen molar-refractivity contribution < 1.29 is 40.6 Å². The van der Waals surface area contributed by atoms with Gasteiger partial charge in [0.2, 0.25) is 0 Å². The van der Waals surface area contributed by atoms with Gasteiger partial charge < -0.3 is 14.4 Å². The van der Waals surface area contributed by atoms with Crippen LogP contribution < -0.4 is 0 Å². The molecule has 0 aliphatic carbocycles. The number of ether oxygens (including phenoxy) is 2. The van der Waals surface area contributed by atoms with Crippen LogP contribution in [0.3, 0.4) is 0 Å². The second-order valence-corrected chi connectivity index (χ2v) is 3.70. The average Bonchev–Trinajstić information content (AvgIpc) is 2.33. The predicted octanol–water partition coefficient (Wildman–Crippen LogP) is 3.14. The third-order valence-corrected chi connectivity index (χ3v) is 2.45. The number of rotatable bonds is 2.